The van der Waals surface area contributed by atoms with Crippen molar-refractivity contribution in [2.75, 3.05) is 6.26 Å². The first-order chi connectivity index (χ1) is 16.5. The van der Waals surface area contributed by atoms with Gasteiger partial charge in [-0.15, -0.1) is 23.1 Å². The molecule has 2 aromatic carbocycles. The van der Waals surface area contributed by atoms with Crippen LogP contribution in [0.25, 0.3) is 22.4 Å². The maximum absolute atomic E-state index is 13.6. The van der Waals surface area contributed by atoms with Crippen molar-refractivity contribution in [2.24, 2.45) is 0 Å². The van der Waals surface area contributed by atoms with Crippen molar-refractivity contribution in [3.8, 4) is 11.4 Å². The molecule has 4 rings (SSSR count). The summed E-state index contributed by atoms with van der Waals surface area (Å²) in [5.74, 6) is 0.347. The molecule has 2 heterocycles. The van der Waals surface area contributed by atoms with Crippen LogP contribution in [0.4, 0.5) is 4.79 Å². The molecule has 1 amide bonds. The molecule has 4 aromatic rings. The highest BCUT2D eigenvalue weighted by atomic mass is 32.2. The van der Waals surface area contributed by atoms with Crippen LogP contribution in [0.1, 0.15) is 25.6 Å². The molecule has 0 saturated carbocycles. The van der Waals surface area contributed by atoms with Crippen LogP contribution in [0.5, 0.6) is 0 Å². The number of imidazole rings is 1. The zero-order valence-electron chi connectivity index (χ0n) is 19.5. The standard InChI is InChI=1S/C24H24N4O4S3/c1-24(2,3)32-23(29)28-20(25)18-13-19(22(33-4)34-18)35(30,31)15-9-7-8-14(12-15)21-26-16-10-5-6-11-17(16)27-21/h5-13H,1-4H3,(H,26,27)(H2,25,28,29). The van der Waals surface area contributed by atoms with Crippen molar-refractivity contribution in [1.29, 1.82) is 5.41 Å². The number of H-pyrrole nitrogens is 1. The van der Waals surface area contributed by atoms with E-state index in [2.05, 4.69) is 15.3 Å². The number of rotatable bonds is 5. The lowest BCUT2D eigenvalue weighted by Gasteiger charge is -2.19. The van der Waals surface area contributed by atoms with Gasteiger partial charge < -0.3 is 9.72 Å². The number of nitrogens with zero attached hydrogens (tertiary/aromatic N) is 1. The maximum atomic E-state index is 13.6. The van der Waals surface area contributed by atoms with Gasteiger partial charge in [-0.3, -0.25) is 10.7 Å². The number of hydrogen-bond acceptors (Lipinski definition) is 8. The second kappa shape index (κ2) is 9.48. The molecule has 0 saturated heterocycles. The third-order valence-corrected chi connectivity index (χ3v) is 9.14. The second-order valence-corrected chi connectivity index (χ2v) is 12.6. The van der Waals surface area contributed by atoms with Gasteiger partial charge in [-0.1, -0.05) is 24.3 Å². The van der Waals surface area contributed by atoms with Gasteiger partial charge in [-0.05, 0) is 57.4 Å². The van der Waals surface area contributed by atoms with Crippen molar-refractivity contribution >= 4 is 55.9 Å². The number of sulfone groups is 1. The van der Waals surface area contributed by atoms with Crippen LogP contribution in [-0.4, -0.2) is 42.2 Å². The summed E-state index contributed by atoms with van der Waals surface area (Å²) >= 11 is 2.39. The predicted molar refractivity (Wildman–Crippen MR) is 139 cm³/mol. The predicted octanol–water partition coefficient (Wildman–Crippen LogP) is 5.70. The summed E-state index contributed by atoms with van der Waals surface area (Å²) < 4.78 is 32.9. The minimum atomic E-state index is -3.90. The summed E-state index contributed by atoms with van der Waals surface area (Å²) in [4.78, 5) is 20.3. The minimum absolute atomic E-state index is 0.0856. The van der Waals surface area contributed by atoms with E-state index in [0.717, 1.165) is 22.4 Å². The van der Waals surface area contributed by atoms with Gasteiger partial charge in [-0.2, -0.15) is 0 Å². The molecule has 182 valence electrons. The van der Waals surface area contributed by atoms with Crippen molar-refractivity contribution in [1.82, 2.24) is 15.3 Å². The number of aromatic nitrogens is 2. The average Bonchev–Trinajstić information content (AvgIpc) is 3.43. The first-order valence-electron chi connectivity index (χ1n) is 10.5. The van der Waals surface area contributed by atoms with Crippen molar-refractivity contribution < 1.29 is 17.9 Å². The highest BCUT2D eigenvalue weighted by molar-refractivity contribution is 8.01. The van der Waals surface area contributed by atoms with E-state index in [9.17, 15) is 13.2 Å². The summed E-state index contributed by atoms with van der Waals surface area (Å²) in [6.07, 6.45) is 0.995. The number of amidine groups is 1. The van der Waals surface area contributed by atoms with E-state index in [1.807, 2.05) is 24.3 Å². The number of benzene rings is 2. The van der Waals surface area contributed by atoms with Crippen molar-refractivity contribution in [3.05, 3.63) is 59.5 Å². The smallest absolute Gasteiger partial charge is 0.413 e. The Bertz CT molecular complexity index is 1500. The third kappa shape index (κ3) is 5.42. The number of carbonyl (C=O) groups is 1. The molecular formula is C24H24N4O4S3. The summed E-state index contributed by atoms with van der Waals surface area (Å²) in [7, 11) is -3.90. The maximum Gasteiger partial charge on any atom is 0.413 e. The van der Waals surface area contributed by atoms with Gasteiger partial charge in [0, 0.05) is 5.56 Å². The number of aromatic amines is 1. The zero-order valence-corrected chi connectivity index (χ0v) is 22.0. The summed E-state index contributed by atoms with van der Waals surface area (Å²) in [5, 5.41) is 10.6. The molecule has 2 aromatic heterocycles. The molecule has 3 N–H and O–H groups in total. The number of thioether (sulfide) groups is 1. The van der Waals surface area contributed by atoms with Crippen LogP contribution in [-0.2, 0) is 14.6 Å². The molecule has 8 nitrogen and oxygen atoms in total. The molecule has 0 atom stereocenters. The average molecular weight is 529 g/mol. The monoisotopic (exact) mass is 528 g/mol. The number of thiophene rings is 1. The van der Waals surface area contributed by atoms with Gasteiger partial charge in [0.05, 0.1) is 29.9 Å². The van der Waals surface area contributed by atoms with Gasteiger partial charge in [0.2, 0.25) is 9.84 Å². The Morgan fingerprint density at radius 2 is 1.89 bits per heavy atom. The highest BCUT2D eigenvalue weighted by Crippen LogP contribution is 2.37. The largest absolute Gasteiger partial charge is 0.444 e. The first kappa shape index (κ1) is 25.0. The summed E-state index contributed by atoms with van der Waals surface area (Å²) in [5.41, 5.74) is 1.57. The van der Waals surface area contributed by atoms with Crippen LogP contribution in [0.2, 0.25) is 0 Å². The Morgan fingerprint density at radius 1 is 1.14 bits per heavy atom. The van der Waals surface area contributed by atoms with Crippen molar-refractivity contribution in [3.63, 3.8) is 0 Å². The molecule has 0 unspecified atom stereocenters. The molecule has 0 radical (unpaired) electrons. The highest BCUT2D eigenvalue weighted by Gasteiger charge is 2.27. The van der Waals surface area contributed by atoms with Gasteiger partial charge in [0.25, 0.3) is 0 Å². The van der Waals surface area contributed by atoms with Gasteiger partial charge in [0.15, 0.2) is 0 Å². The first-order valence-corrected chi connectivity index (χ1v) is 14.1. The van der Waals surface area contributed by atoms with Crippen LogP contribution in [0.3, 0.4) is 0 Å². The normalized spacial score (nSPS) is 12.0. The van der Waals surface area contributed by atoms with Crippen LogP contribution >= 0.6 is 23.1 Å². The second-order valence-electron chi connectivity index (χ2n) is 8.60. The van der Waals surface area contributed by atoms with E-state index in [0.29, 0.717) is 20.5 Å². The van der Waals surface area contributed by atoms with E-state index >= 15 is 0 Å². The minimum Gasteiger partial charge on any atom is -0.444 e. The molecule has 11 heteroatoms. The number of hydrogen-bond donors (Lipinski definition) is 3. The molecule has 0 spiro atoms. The lowest BCUT2D eigenvalue weighted by atomic mass is 10.2. The van der Waals surface area contributed by atoms with Crippen LogP contribution in [0, 0.1) is 5.41 Å². The molecule has 0 aliphatic rings. The topological polar surface area (TPSA) is 125 Å². The molecule has 0 aliphatic heterocycles. The third-order valence-electron chi connectivity index (χ3n) is 4.82. The number of ether oxygens (including phenoxy) is 1. The fraction of sp³-hybridized carbons (Fsp3) is 0.208. The Labute approximate surface area is 211 Å². The van der Waals surface area contributed by atoms with E-state index in [4.69, 9.17) is 10.1 Å². The van der Waals surface area contributed by atoms with E-state index < -0.39 is 21.5 Å². The Hall–Kier alpha value is -3.15. The number of alkyl carbamates (subject to hydrolysis) is 1. The lowest BCUT2D eigenvalue weighted by molar-refractivity contribution is 0.0563. The van der Waals surface area contributed by atoms with E-state index in [1.54, 1.807) is 45.2 Å². The Morgan fingerprint density at radius 3 is 2.57 bits per heavy atom. The zero-order chi connectivity index (χ0) is 25.4. The van der Waals surface area contributed by atoms with Crippen LogP contribution in [0.15, 0.2) is 68.6 Å². The number of carbonyl (C=O) groups excluding carboxylic acids is 1. The quantitative estimate of drug-likeness (QED) is 0.173. The van der Waals surface area contributed by atoms with E-state index in [-0.39, 0.29) is 15.6 Å². The fourth-order valence-electron chi connectivity index (χ4n) is 3.30. The molecule has 0 fully saturated rings. The molecule has 35 heavy (non-hydrogen) atoms. The summed E-state index contributed by atoms with van der Waals surface area (Å²) in [6, 6.07) is 15.6. The number of para-hydroxylation sites is 2. The fourth-order valence-corrected chi connectivity index (χ4v) is 7.25. The summed E-state index contributed by atoms with van der Waals surface area (Å²) in [6.45, 7) is 5.16. The number of nitrogens with one attached hydrogen (secondary N) is 3. The SMILES string of the molecule is CSc1sc(C(=N)NC(=O)OC(C)(C)C)cc1S(=O)(=O)c1cccc(-c2nc3ccccc3[nH]2)c1. The molecule has 0 bridgehead atoms. The Kier molecular flexibility index (Phi) is 6.76. The van der Waals surface area contributed by atoms with Gasteiger partial charge >= 0.3 is 6.09 Å². The van der Waals surface area contributed by atoms with Crippen LogP contribution < -0.4 is 5.32 Å². The van der Waals surface area contributed by atoms with Gasteiger partial charge in [0.1, 0.15) is 17.3 Å². The van der Waals surface area contributed by atoms with Crippen molar-refractivity contribution in [2.45, 2.75) is 40.4 Å². The van der Waals surface area contributed by atoms with Gasteiger partial charge in [-0.25, -0.2) is 18.2 Å². The number of amides is 1. The number of fused-ring (bicyclic) bond motifs is 1. The lowest BCUT2D eigenvalue weighted by Crippen LogP contribution is -2.36. The molecular weight excluding hydrogens is 504 g/mol. The van der Waals surface area contributed by atoms with E-state index in [1.165, 1.54) is 23.9 Å². The molecule has 0 aliphatic carbocycles. The Balaban J connectivity index is 1.66.